The fourth-order valence-electron chi connectivity index (χ4n) is 2.21. The van der Waals surface area contributed by atoms with Crippen LogP contribution in [0.25, 0.3) is 0 Å². The van der Waals surface area contributed by atoms with E-state index in [0.717, 1.165) is 24.3 Å². The molecule has 0 aliphatic carbocycles. The highest BCUT2D eigenvalue weighted by atomic mass is 32.2. The second-order valence-corrected chi connectivity index (χ2v) is 6.85. The lowest BCUT2D eigenvalue weighted by Gasteiger charge is -2.09. The van der Waals surface area contributed by atoms with Gasteiger partial charge in [0.25, 0.3) is 0 Å². The van der Waals surface area contributed by atoms with Crippen LogP contribution in [0.3, 0.4) is 0 Å². The Bertz CT molecular complexity index is 889. The van der Waals surface area contributed by atoms with Gasteiger partial charge in [0, 0.05) is 6.07 Å². The van der Waals surface area contributed by atoms with Gasteiger partial charge >= 0.3 is 12.3 Å². The smallest absolute Gasteiger partial charge is 0.387 e. The molecule has 1 aliphatic rings. The summed E-state index contributed by atoms with van der Waals surface area (Å²) in [6.07, 6.45) is -1.51. The fraction of sp³-hybridized carbons (Fsp3) is 0.133. The summed E-state index contributed by atoms with van der Waals surface area (Å²) in [6, 6.07) is 7.04. The van der Waals surface area contributed by atoms with Gasteiger partial charge in [0.2, 0.25) is 9.84 Å². The third kappa shape index (κ3) is 2.61. The maximum atomic E-state index is 13.0. The van der Waals surface area contributed by atoms with Gasteiger partial charge in [-0.3, -0.25) is 0 Å². The number of hydrogen-bond acceptors (Lipinski definition) is 5. The number of halogens is 1. The Hall–Kier alpha value is -2.61. The van der Waals surface area contributed by atoms with Crippen molar-refractivity contribution in [3.05, 3.63) is 47.8 Å². The van der Waals surface area contributed by atoms with E-state index in [-0.39, 0.29) is 21.3 Å². The lowest BCUT2D eigenvalue weighted by Crippen LogP contribution is -2.28. The van der Waals surface area contributed by atoms with Gasteiger partial charge in [-0.05, 0) is 42.8 Å². The molecule has 1 N–H and O–H groups in total. The van der Waals surface area contributed by atoms with Crippen molar-refractivity contribution in [2.75, 3.05) is 0 Å². The molecular weight excluding hydrogens is 327 g/mol. The van der Waals surface area contributed by atoms with Crippen molar-refractivity contribution in [2.24, 2.45) is 0 Å². The Balaban J connectivity index is 2.06. The number of fused-ring (bicyclic) bond motifs is 1. The molecule has 120 valence electrons. The molecule has 0 aromatic heterocycles. The molecule has 0 amide bonds. The number of aryl methyl sites for hydroxylation is 1. The van der Waals surface area contributed by atoms with E-state index >= 15 is 0 Å². The summed E-state index contributed by atoms with van der Waals surface area (Å²) in [5.41, 5.74) is 0.364. The molecule has 1 unspecified atom stereocenters. The van der Waals surface area contributed by atoms with Crippen LogP contribution < -0.4 is 9.47 Å². The van der Waals surface area contributed by atoms with Gasteiger partial charge in [0.1, 0.15) is 5.82 Å². The Kier molecular flexibility index (Phi) is 3.48. The maximum Gasteiger partial charge on any atom is 0.387 e. The van der Waals surface area contributed by atoms with E-state index in [0.29, 0.717) is 5.56 Å². The molecule has 1 atom stereocenters. The fourth-order valence-corrected chi connectivity index (χ4v) is 3.71. The van der Waals surface area contributed by atoms with Crippen LogP contribution in [0.15, 0.2) is 46.2 Å². The summed E-state index contributed by atoms with van der Waals surface area (Å²) < 4.78 is 48.4. The average Bonchev–Trinajstić information content (AvgIpc) is 2.90. The molecule has 2 aromatic carbocycles. The minimum atomic E-state index is -3.90. The molecule has 0 spiro atoms. The first kappa shape index (κ1) is 15.3. The third-order valence-corrected chi connectivity index (χ3v) is 5.24. The van der Waals surface area contributed by atoms with Crippen molar-refractivity contribution >= 4 is 15.8 Å². The Morgan fingerprint density at radius 1 is 1.13 bits per heavy atom. The van der Waals surface area contributed by atoms with Crippen molar-refractivity contribution in [2.45, 2.75) is 23.0 Å². The molecule has 1 heterocycles. The average molecular weight is 338 g/mol. The summed E-state index contributed by atoms with van der Waals surface area (Å²) in [4.78, 5) is 10.8. The van der Waals surface area contributed by atoms with Crippen molar-refractivity contribution in [3.8, 4) is 11.5 Å². The number of ether oxygens (including phenoxy) is 2. The van der Waals surface area contributed by atoms with Gasteiger partial charge in [-0.25, -0.2) is 17.6 Å². The third-order valence-electron chi connectivity index (χ3n) is 3.32. The Labute approximate surface area is 131 Å². The number of aliphatic carboxylic acids is 1. The SMILES string of the molecule is Cc1cc2c(cc1S(=O)(=O)c1ccc(F)cc1)OC(C(=O)O)O2. The predicted octanol–water partition coefficient (Wildman–Crippen LogP) is 2.15. The monoisotopic (exact) mass is 338 g/mol. The molecule has 1 aliphatic heterocycles. The zero-order valence-electron chi connectivity index (χ0n) is 11.8. The summed E-state index contributed by atoms with van der Waals surface area (Å²) in [5.74, 6) is -1.67. The number of hydrogen-bond donors (Lipinski definition) is 1. The first-order chi connectivity index (χ1) is 10.8. The van der Waals surface area contributed by atoms with Crippen molar-refractivity contribution in [1.29, 1.82) is 0 Å². The van der Waals surface area contributed by atoms with Crippen LogP contribution in [0.5, 0.6) is 11.5 Å². The topological polar surface area (TPSA) is 89.9 Å². The van der Waals surface area contributed by atoms with Gasteiger partial charge in [0.05, 0.1) is 9.79 Å². The molecule has 8 heteroatoms. The summed E-state index contributed by atoms with van der Waals surface area (Å²) in [6.45, 7) is 1.55. The molecule has 3 rings (SSSR count). The van der Waals surface area contributed by atoms with E-state index in [1.807, 2.05) is 0 Å². The molecule has 2 aromatic rings. The molecule has 0 bridgehead atoms. The Morgan fingerprint density at radius 2 is 1.70 bits per heavy atom. The van der Waals surface area contributed by atoms with Crippen molar-refractivity contribution in [1.82, 2.24) is 0 Å². The second-order valence-electron chi connectivity index (χ2n) is 4.93. The molecule has 0 saturated carbocycles. The lowest BCUT2D eigenvalue weighted by molar-refractivity contribution is -0.154. The standard InChI is InChI=1S/C15H11FO6S/c1-8-6-11-12(22-15(21-11)14(17)18)7-13(8)23(19,20)10-4-2-9(16)3-5-10/h2-7,15H,1H3,(H,17,18). The van der Waals surface area contributed by atoms with Crippen LogP contribution in [0.2, 0.25) is 0 Å². The van der Waals surface area contributed by atoms with E-state index in [1.165, 1.54) is 12.1 Å². The van der Waals surface area contributed by atoms with Crippen LogP contribution in [-0.4, -0.2) is 25.8 Å². The highest BCUT2D eigenvalue weighted by molar-refractivity contribution is 7.91. The van der Waals surface area contributed by atoms with E-state index in [4.69, 9.17) is 14.6 Å². The van der Waals surface area contributed by atoms with Crippen LogP contribution in [-0.2, 0) is 14.6 Å². The van der Waals surface area contributed by atoms with Crippen LogP contribution in [0.1, 0.15) is 5.56 Å². The minimum Gasteiger partial charge on any atom is -0.476 e. The number of carboxylic acid groups (broad SMARTS) is 1. The normalized spacial score (nSPS) is 16.3. The van der Waals surface area contributed by atoms with E-state index in [1.54, 1.807) is 6.92 Å². The molecule has 0 radical (unpaired) electrons. The first-order valence-electron chi connectivity index (χ1n) is 6.50. The Morgan fingerprint density at radius 3 is 2.26 bits per heavy atom. The van der Waals surface area contributed by atoms with Crippen LogP contribution >= 0.6 is 0 Å². The van der Waals surface area contributed by atoms with Gasteiger partial charge in [-0.1, -0.05) is 0 Å². The van der Waals surface area contributed by atoms with Crippen molar-refractivity contribution in [3.63, 3.8) is 0 Å². The number of carboxylic acids is 1. The summed E-state index contributed by atoms with van der Waals surface area (Å²) in [5, 5.41) is 8.88. The number of carbonyl (C=O) groups is 1. The zero-order chi connectivity index (χ0) is 16.8. The number of benzene rings is 2. The summed E-state index contributed by atoms with van der Waals surface area (Å²) >= 11 is 0. The van der Waals surface area contributed by atoms with Gasteiger partial charge in [0.15, 0.2) is 11.5 Å². The molecule has 6 nitrogen and oxygen atoms in total. The van der Waals surface area contributed by atoms with Crippen LogP contribution in [0, 0.1) is 12.7 Å². The largest absolute Gasteiger partial charge is 0.476 e. The zero-order valence-corrected chi connectivity index (χ0v) is 12.6. The molecule has 0 saturated heterocycles. The number of rotatable bonds is 3. The first-order valence-corrected chi connectivity index (χ1v) is 7.99. The highest BCUT2D eigenvalue weighted by Crippen LogP contribution is 2.39. The molecular formula is C15H11FO6S. The van der Waals surface area contributed by atoms with Crippen LogP contribution in [0.4, 0.5) is 4.39 Å². The number of sulfone groups is 1. The second kappa shape index (κ2) is 5.24. The highest BCUT2D eigenvalue weighted by Gasteiger charge is 2.33. The van der Waals surface area contributed by atoms with E-state index in [2.05, 4.69) is 0 Å². The van der Waals surface area contributed by atoms with E-state index < -0.39 is 27.9 Å². The van der Waals surface area contributed by atoms with Crippen molar-refractivity contribution < 1.29 is 32.2 Å². The summed E-state index contributed by atoms with van der Waals surface area (Å²) in [7, 11) is -3.90. The van der Waals surface area contributed by atoms with E-state index in [9.17, 15) is 17.6 Å². The van der Waals surface area contributed by atoms with Gasteiger partial charge in [-0.2, -0.15) is 0 Å². The molecule has 23 heavy (non-hydrogen) atoms. The molecule has 0 fully saturated rings. The predicted molar refractivity (Wildman–Crippen MR) is 75.7 cm³/mol. The quantitative estimate of drug-likeness (QED) is 0.863. The van der Waals surface area contributed by atoms with Gasteiger partial charge < -0.3 is 14.6 Å². The minimum absolute atomic E-state index is 0.0312. The lowest BCUT2D eigenvalue weighted by atomic mass is 10.2. The van der Waals surface area contributed by atoms with Gasteiger partial charge in [-0.15, -0.1) is 0 Å². The maximum absolute atomic E-state index is 13.0.